The van der Waals surface area contributed by atoms with Crippen LogP contribution in [0.25, 0.3) is 0 Å². The van der Waals surface area contributed by atoms with Crippen LogP contribution in [-0.2, 0) is 9.22 Å². The minimum Gasteiger partial charge on any atom is -0.414 e. The van der Waals surface area contributed by atoms with Crippen molar-refractivity contribution in [2.45, 2.75) is 110 Å². The quantitative estimate of drug-likeness (QED) is 0.137. The van der Waals surface area contributed by atoms with Crippen molar-refractivity contribution in [1.29, 1.82) is 0 Å². The molecule has 30 heavy (non-hydrogen) atoms. The third-order valence-corrected chi connectivity index (χ3v) is 11.0. The van der Waals surface area contributed by atoms with Crippen LogP contribution in [0, 0.1) is 5.92 Å². The summed E-state index contributed by atoms with van der Waals surface area (Å²) in [5.74, 6) is 0.351. The van der Waals surface area contributed by atoms with Crippen LogP contribution in [0.5, 0.6) is 0 Å². The molecule has 0 aromatic carbocycles. The molecule has 172 valence electrons. The topological polar surface area (TPSA) is 46.5 Å². The van der Waals surface area contributed by atoms with E-state index in [9.17, 15) is 4.79 Å². The average Bonchev–Trinajstić information content (AvgIpc) is 3.01. The van der Waals surface area contributed by atoms with E-state index >= 15 is 0 Å². The van der Waals surface area contributed by atoms with E-state index in [2.05, 4.69) is 59.0 Å². The van der Waals surface area contributed by atoms with Crippen molar-refractivity contribution in [2.24, 2.45) is 5.92 Å². The Kier molecular flexibility index (Phi) is 12.1. The number of carbonyl (C=O) groups excluding carboxylic acids is 1. The summed E-state index contributed by atoms with van der Waals surface area (Å²) in [6.45, 7) is 14.0. The van der Waals surface area contributed by atoms with Gasteiger partial charge >= 0.3 is 0 Å². The SMILES string of the molecule is CCCCC[C@@H](C/C=C1\C(=O)C=C[C@@H]1C/C=C\CCCCO)O[Si](C)(C)C(C)(C)C. The molecule has 1 N–H and O–H groups in total. The smallest absolute Gasteiger partial charge is 0.192 e. The Hall–Kier alpha value is -0.973. The molecule has 0 saturated heterocycles. The molecule has 3 nitrogen and oxygen atoms in total. The van der Waals surface area contributed by atoms with Crippen LogP contribution >= 0.6 is 0 Å². The Labute approximate surface area is 186 Å². The van der Waals surface area contributed by atoms with Crippen LogP contribution < -0.4 is 0 Å². The number of aliphatic hydroxyl groups is 1. The summed E-state index contributed by atoms with van der Waals surface area (Å²) in [6, 6.07) is 0. The maximum Gasteiger partial charge on any atom is 0.192 e. The van der Waals surface area contributed by atoms with Gasteiger partial charge in [0.25, 0.3) is 0 Å². The molecule has 0 amide bonds. The molecule has 0 aromatic rings. The highest BCUT2D eigenvalue weighted by molar-refractivity contribution is 6.74. The number of aliphatic hydroxyl groups excluding tert-OH is 1. The summed E-state index contributed by atoms with van der Waals surface area (Å²) in [5, 5.41) is 9.05. The summed E-state index contributed by atoms with van der Waals surface area (Å²) >= 11 is 0. The first kappa shape index (κ1) is 27.1. The Morgan fingerprint density at radius 1 is 1.17 bits per heavy atom. The Morgan fingerprint density at radius 3 is 2.53 bits per heavy atom. The highest BCUT2D eigenvalue weighted by atomic mass is 28.4. The number of ketones is 1. The largest absolute Gasteiger partial charge is 0.414 e. The molecule has 0 unspecified atom stereocenters. The molecule has 0 saturated carbocycles. The molecule has 0 aliphatic heterocycles. The molecule has 0 spiro atoms. The summed E-state index contributed by atoms with van der Waals surface area (Å²) in [6.07, 6.45) is 19.8. The van der Waals surface area contributed by atoms with E-state index in [0.717, 1.165) is 44.1 Å². The molecule has 0 aromatic heterocycles. The van der Waals surface area contributed by atoms with Gasteiger partial charge in [0.2, 0.25) is 0 Å². The van der Waals surface area contributed by atoms with Crippen LogP contribution in [0.4, 0.5) is 0 Å². The van der Waals surface area contributed by atoms with Gasteiger partial charge in [0.15, 0.2) is 14.1 Å². The molecule has 2 atom stereocenters. The second-order valence-corrected chi connectivity index (χ2v) is 14.9. The molecule has 0 radical (unpaired) electrons. The second kappa shape index (κ2) is 13.4. The van der Waals surface area contributed by atoms with Gasteiger partial charge in [-0.2, -0.15) is 0 Å². The van der Waals surface area contributed by atoms with E-state index in [1.165, 1.54) is 19.3 Å². The molecule has 1 rings (SSSR count). The van der Waals surface area contributed by atoms with Gasteiger partial charge in [-0.25, -0.2) is 0 Å². The molecule has 4 heteroatoms. The molecule has 0 bridgehead atoms. The first-order chi connectivity index (χ1) is 14.1. The van der Waals surface area contributed by atoms with Crippen molar-refractivity contribution in [2.75, 3.05) is 6.61 Å². The fraction of sp³-hybridized carbons (Fsp3) is 0.731. The van der Waals surface area contributed by atoms with E-state index in [-0.39, 0.29) is 29.5 Å². The molecule has 1 aliphatic carbocycles. The van der Waals surface area contributed by atoms with Crippen LogP contribution in [0.2, 0.25) is 18.1 Å². The lowest BCUT2D eigenvalue weighted by atomic mass is 9.95. The van der Waals surface area contributed by atoms with Gasteiger partial charge < -0.3 is 9.53 Å². The Morgan fingerprint density at radius 2 is 1.90 bits per heavy atom. The zero-order valence-electron chi connectivity index (χ0n) is 20.4. The second-order valence-electron chi connectivity index (χ2n) is 10.1. The van der Waals surface area contributed by atoms with Gasteiger partial charge in [0.05, 0.1) is 0 Å². The van der Waals surface area contributed by atoms with Crippen molar-refractivity contribution in [1.82, 2.24) is 0 Å². The number of hydrogen-bond donors (Lipinski definition) is 1. The zero-order chi connectivity index (χ0) is 22.6. The molecular formula is C26H46O3Si. The van der Waals surface area contributed by atoms with Crippen LogP contribution in [0.3, 0.4) is 0 Å². The van der Waals surface area contributed by atoms with E-state index in [4.69, 9.17) is 9.53 Å². The average molecular weight is 435 g/mol. The van der Waals surface area contributed by atoms with Gasteiger partial charge in [0.1, 0.15) is 0 Å². The first-order valence-corrected chi connectivity index (χ1v) is 14.9. The molecule has 0 fully saturated rings. The number of hydrogen-bond acceptors (Lipinski definition) is 3. The number of unbranched alkanes of at least 4 members (excludes halogenated alkanes) is 4. The van der Waals surface area contributed by atoms with Crippen LogP contribution in [-0.4, -0.2) is 31.9 Å². The number of rotatable bonds is 14. The standard InChI is InChI=1S/C26H46O3Si/c1-7-8-12-16-23(29-30(5,6)26(2,3)4)18-19-24-22(17-20-25(24)28)15-13-10-9-11-14-21-27/h10,13,17,19-20,22-23,27H,7-9,11-12,14-16,18,21H2,1-6H3/b13-10-,24-19-/t22-,23-/m0/s1. The molecule has 0 heterocycles. The maximum absolute atomic E-state index is 12.4. The van der Waals surface area contributed by atoms with E-state index in [0.29, 0.717) is 0 Å². The van der Waals surface area contributed by atoms with Crippen molar-refractivity contribution < 1.29 is 14.3 Å². The van der Waals surface area contributed by atoms with E-state index in [1.807, 2.05) is 6.08 Å². The molecular weight excluding hydrogens is 388 g/mol. The first-order valence-electron chi connectivity index (χ1n) is 12.0. The van der Waals surface area contributed by atoms with Crippen LogP contribution in [0.15, 0.2) is 36.0 Å². The summed E-state index contributed by atoms with van der Waals surface area (Å²) in [5.41, 5.74) is 0.939. The Balaban J connectivity index is 2.76. The van der Waals surface area contributed by atoms with Crippen molar-refractivity contribution >= 4 is 14.1 Å². The zero-order valence-corrected chi connectivity index (χ0v) is 21.4. The summed E-state index contributed by atoms with van der Waals surface area (Å²) < 4.78 is 6.74. The van der Waals surface area contributed by atoms with E-state index in [1.54, 1.807) is 6.08 Å². The van der Waals surface area contributed by atoms with Gasteiger partial charge in [0, 0.05) is 24.2 Å². The van der Waals surface area contributed by atoms with Gasteiger partial charge in [-0.15, -0.1) is 0 Å². The third-order valence-electron chi connectivity index (χ3n) is 6.50. The Bertz CT molecular complexity index is 596. The predicted octanol–water partition coefficient (Wildman–Crippen LogP) is 7.14. The molecule has 1 aliphatic rings. The highest BCUT2D eigenvalue weighted by Gasteiger charge is 2.39. The van der Waals surface area contributed by atoms with E-state index < -0.39 is 8.32 Å². The minimum absolute atomic E-state index is 0.160. The fourth-order valence-electron chi connectivity index (χ4n) is 3.48. The van der Waals surface area contributed by atoms with Gasteiger partial charge in [-0.3, -0.25) is 4.79 Å². The van der Waals surface area contributed by atoms with Gasteiger partial charge in [-0.05, 0) is 62.7 Å². The predicted molar refractivity (Wildman–Crippen MR) is 131 cm³/mol. The summed E-state index contributed by atoms with van der Waals surface area (Å²) in [4.78, 5) is 12.4. The van der Waals surface area contributed by atoms with Crippen LogP contribution in [0.1, 0.15) is 85.5 Å². The van der Waals surface area contributed by atoms with Gasteiger partial charge in [-0.1, -0.05) is 71.3 Å². The van der Waals surface area contributed by atoms with Crippen molar-refractivity contribution in [3.8, 4) is 0 Å². The third kappa shape index (κ3) is 9.45. The van der Waals surface area contributed by atoms with Crippen molar-refractivity contribution in [3.63, 3.8) is 0 Å². The minimum atomic E-state index is -1.83. The fourth-order valence-corrected chi connectivity index (χ4v) is 4.88. The lowest BCUT2D eigenvalue weighted by Crippen LogP contribution is -2.43. The number of carbonyl (C=O) groups is 1. The van der Waals surface area contributed by atoms with Crippen molar-refractivity contribution in [3.05, 3.63) is 36.0 Å². The maximum atomic E-state index is 12.4. The summed E-state index contributed by atoms with van der Waals surface area (Å²) in [7, 11) is -1.83. The number of allylic oxidation sites excluding steroid dienone is 5. The lowest BCUT2D eigenvalue weighted by molar-refractivity contribution is -0.111. The monoisotopic (exact) mass is 434 g/mol. The lowest BCUT2D eigenvalue weighted by Gasteiger charge is -2.39. The normalized spacial score (nSPS) is 20.0. The highest BCUT2D eigenvalue weighted by Crippen LogP contribution is 2.38.